The zero-order valence-electron chi connectivity index (χ0n) is 16.9. The molecule has 1 amide bonds. The van der Waals surface area contributed by atoms with Gasteiger partial charge < -0.3 is 15.2 Å². The predicted molar refractivity (Wildman–Crippen MR) is 112 cm³/mol. The van der Waals surface area contributed by atoms with E-state index in [1.807, 2.05) is 6.07 Å². The summed E-state index contributed by atoms with van der Waals surface area (Å²) in [6.45, 7) is 5.29. The molecule has 2 aromatic heterocycles. The highest BCUT2D eigenvalue weighted by molar-refractivity contribution is 5.93. The first kappa shape index (κ1) is 20.0. The van der Waals surface area contributed by atoms with Gasteiger partial charge in [-0.2, -0.15) is 0 Å². The van der Waals surface area contributed by atoms with Gasteiger partial charge in [0.15, 0.2) is 5.82 Å². The Bertz CT molecular complexity index is 1140. The molecule has 9 heteroatoms. The van der Waals surface area contributed by atoms with Crippen molar-refractivity contribution in [2.45, 2.75) is 13.5 Å². The minimum absolute atomic E-state index is 0.159. The van der Waals surface area contributed by atoms with Crippen LogP contribution >= 0.6 is 0 Å². The highest BCUT2D eigenvalue weighted by atomic mass is 19.1. The summed E-state index contributed by atoms with van der Waals surface area (Å²) in [6, 6.07) is 6.89. The van der Waals surface area contributed by atoms with E-state index in [1.54, 1.807) is 32.3 Å². The smallest absolute Gasteiger partial charge is 0.269 e. The molecule has 0 atom stereocenters. The van der Waals surface area contributed by atoms with Crippen LogP contribution in [0.15, 0.2) is 35.3 Å². The molecule has 1 saturated heterocycles. The number of halogens is 1. The summed E-state index contributed by atoms with van der Waals surface area (Å²) in [6.07, 6.45) is 1.58. The fraction of sp³-hybridized carbons (Fsp3) is 0.333. The molecule has 156 valence electrons. The standard InChI is InChI=1S/C21H23FN6O2/c1-13-20(29)26-17-10-14(9-16(22)19(17)25-13)12-27-5-7-28(8-6-27)18-4-3-15(11-24-18)21(30)23-2/h3-4,9-11H,5-8,12H2,1-2H3,(H,23,30)(H,26,29). The summed E-state index contributed by atoms with van der Waals surface area (Å²) in [7, 11) is 1.59. The Hall–Kier alpha value is -3.33. The first-order valence-corrected chi connectivity index (χ1v) is 9.79. The number of aromatic nitrogens is 3. The number of hydrogen-bond donors (Lipinski definition) is 2. The lowest BCUT2D eigenvalue weighted by atomic mass is 10.1. The summed E-state index contributed by atoms with van der Waals surface area (Å²) in [4.78, 5) is 39.0. The number of nitrogens with zero attached hydrogens (tertiary/aromatic N) is 4. The molecule has 3 heterocycles. The first-order valence-electron chi connectivity index (χ1n) is 9.79. The Morgan fingerprint density at radius 3 is 2.67 bits per heavy atom. The Labute approximate surface area is 172 Å². The SMILES string of the molecule is CNC(=O)c1ccc(N2CCN(Cc3cc(F)c4nc(C)c(=O)[nH]c4c3)CC2)nc1. The Morgan fingerprint density at radius 1 is 1.23 bits per heavy atom. The number of fused-ring (bicyclic) bond motifs is 1. The third-order valence-electron chi connectivity index (χ3n) is 5.32. The highest BCUT2D eigenvalue weighted by Gasteiger charge is 2.19. The number of aromatic amines is 1. The van der Waals surface area contributed by atoms with Gasteiger partial charge in [-0.1, -0.05) is 0 Å². The van der Waals surface area contributed by atoms with Crippen LogP contribution < -0.4 is 15.8 Å². The van der Waals surface area contributed by atoms with Crippen molar-refractivity contribution < 1.29 is 9.18 Å². The molecule has 1 aliphatic heterocycles. The molecule has 0 saturated carbocycles. The van der Waals surface area contributed by atoms with Crippen LogP contribution in [0.1, 0.15) is 21.6 Å². The molecule has 0 aliphatic carbocycles. The van der Waals surface area contributed by atoms with E-state index in [9.17, 15) is 14.0 Å². The lowest BCUT2D eigenvalue weighted by molar-refractivity contribution is 0.0962. The van der Waals surface area contributed by atoms with Crippen molar-refractivity contribution in [1.29, 1.82) is 0 Å². The largest absolute Gasteiger partial charge is 0.355 e. The Balaban J connectivity index is 1.42. The van der Waals surface area contributed by atoms with Crippen molar-refractivity contribution in [1.82, 2.24) is 25.2 Å². The summed E-state index contributed by atoms with van der Waals surface area (Å²) in [5.74, 6) is 0.243. The maximum atomic E-state index is 14.5. The molecule has 3 aromatic rings. The second-order valence-electron chi connectivity index (χ2n) is 7.37. The Kier molecular flexibility index (Phi) is 5.45. The number of benzene rings is 1. The van der Waals surface area contributed by atoms with Gasteiger partial charge in [0.25, 0.3) is 11.5 Å². The molecule has 4 rings (SSSR count). The maximum Gasteiger partial charge on any atom is 0.269 e. The molecular formula is C21H23FN6O2. The number of pyridine rings is 1. The number of nitrogens with one attached hydrogen (secondary N) is 2. The van der Waals surface area contributed by atoms with E-state index in [1.165, 1.54) is 6.07 Å². The Morgan fingerprint density at radius 2 is 2.00 bits per heavy atom. The van der Waals surface area contributed by atoms with Crippen LogP contribution in [0, 0.1) is 12.7 Å². The molecular weight excluding hydrogens is 387 g/mol. The highest BCUT2D eigenvalue weighted by Crippen LogP contribution is 2.19. The van der Waals surface area contributed by atoms with E-state index < -0.39 is 5.82 Å². The number of carbonyl (C=O) groups is 1. The number of carbonyl (C=O) groups excluding carboxylic acids is 1. The normalized spacial score (nSPS) is 14.8. The molecule has 2 N–H and O–H groups in total. The fourth-order valence-corrected chi connectivity index (χ4v) is 3.63. The number of H-pyrrole nitrogens is 1. The molecule has 1 fully saturated rings. The van der Waals surface area contributed by atoms with E-state index in [0.717, 1.165) is 37.6 Å². The van der Waals surface area contributed by atoms with Gasteiger partial charge >= 0.3 is 0 Å². The molecule has 8 nitrogen and oxygen atoms in total. The quantitative estimate of drug-likeness (QED) is 0.676. The van der Waals surface area contributed by atoms with Crippen molar-refractivity contribution in [3.8, 4) is 0 Å². The van der Waals surface area contributed by atoms with Crippen LogP contribution in [0.4, 0.5) is 10.2 Å². The molecule has 1 aliphatic rings. The van der Waals surface area contributed by atoms with E-state index in [4.69, 9.17) is 0 Å². The van der Waals surface area contributed by atoms with Gasteiger partial charge in [-0.25, -0.2) is 14.4 Å². The van der Waals surface area contributed by atoms with Gasteiger partial charge in [0, 0.05) is 46.0 Å². The third-order valence-corrected chi connectivity index (χ3v) is 5.32. The molecule has 0 radical (unpaired) electrons. The number of hydrogen-bond acceptors (Lipinski definition) is 6. The molecule has 30 heavy (non-hydrogen) atoms. The number of piperazine rings is 1. The van der Waals surface area contributed by atoms with Crippen LogP contribution in [0.25, 0.3) is 11.0 Å². The van der Waals surface area contributed by atoms with Crippen molar-refractivity contribution in [3.05, 3.63) is 63.5 Å². The van der Waals surface area contributed by atoms with Crippen LogP contribution in [0.2, 0.25) is 0 Å². The van der Waals surface area contributed by atoms with Crippen molar-refractivity contribution in [2.24, 2.45) is 0 Å². The molecule has 0 bridgehead atoms. The van der Waals surface area contributed by atoms with Crippen LogP contribution in [-0.2, 0) is 6.54 Å². The summed E-state index contributed by atoms with van der Waals surface area (Å²) >= 11 is 0. The predicted octanol–water partition coefficient (Wildman–Crippen LogP) is 1.45. The molecule has 0 unspecified atom stereocenters. The van der Waals surface area contributed by atoms with E-state index in [-0.39, 0.29) is 22.7 Å². The van der Waals surface area contributed by atoms with Gasteiger partial charge in [0.05, 0.1) is 11.1 Å². The van der Waals surface area contributed by atoms with Crippen molar-refractivity contribution in [3.63, 3.8) is 0 Å². The van der Waals surface area contributed by atoms with E-state index in [2.05, 4.69) is 30.1 Å². The average Bonchev–Trinajstić information content (AvgIpc) is 2.75. The topological polar surface area (TPSA) is 94.2 Å². The monoisotopic (exact) mass is 410 g/mol. The zero-order chi connectivity index (χ0) is 21.3. The minimum atomic E-state index is -0.430. The van der Waals surface area contributed by atoms with Gasteiger partial charge in [-0.15, -0.1) is 0 Å². The first-order chi connectivity index (χ1) is 14.4. The summed E-state index contributed by atoms with van der Waals surface area (Å²) in [5.41, 5.74) is 1.88. The fourth-order valence-electron chi connectivity index (χ4n) is 3.63. The second kappa shape index (κ2) is 8.19. The third kappa shape index (κ3) is 4.02. The zero-order valence-corrected chi connectivity index (χ0v) is 16.9. The number of anilines is 1. The van der Waals surface area contributed by atoms with Crippen LogP contribution in [0.5, 0.6) is 0 Å². The average molecular weight is 410 g/mol. The molecule has 1 aromatic carbocycles. The number of aryl methyl sites for hydroxylation is 1. The van der Waals surface area contributed by atoms with Gasteiger partial charge in [0.1, 0.15) is 17.0 Å². The lowest BCUT2D eigenvalue weighted by Crippen LogP contribution is -2.46. The van der Waals surface area contributed by atoms with Crippen LogP contribution in [0.3, 0.4) is 0 Å². The van der Waals surface area contributed by atoms with E-state index >= 15 is 0 Å². The lowest BCUT2D eigenvalue weighted by Gasteiger charge is -2.35. The van der Waals surface area contributed by atoms with Crippen molar-refractivity contribution in [2.75, 3.05) is 38.1 Å². The molecule has 0 spiro atoms. The number of amides is 1. The summed E-state index contributed by atoms with van der Waals surface area (Å²) in [5, 5.41) is 2.58. The van der Waals surface area contributed by atoms with Gasteiger partial charge in [-0.05, 0) is 36.8 Å². The van der Waals surface area contributed by atoms with Gasteiger partial charge in [-0.3, -0.25) is 14.5 Å². The van der Waals surface area contributed by atoms with Crippen molar-refractivity contribution >= 4 is 22.8 Å². The minimum Gasteiger partial charge on any atom is -0.355 e. The van der Waals surface area contributed by atoms with E-state index in [0.29, 0.717) is 17.6 Å². The number of rotatable bonds is 4. The second-order valence-corrected chi connectivity index (χ2v) is 7.37. The van der Waals surface area contributed by atoms with Gasteiger partial charge in [0.2, 0.25) is 0 Å². The summed E-state index contributed by atoms with van der Waals surface area (Å²) < 4.78 is 14.5. The van der Waals surface area contributed by atoms with Crippen LogP contribution in [-0.4, -0.2) is 59.0 Å². The maximum absolute atomic E-state index is 14.5.